The van der Waals surface area contributed by atoms with Crippen LogP contribution in [0.5, 0.6) is 5.75 Å². The maximum absolute atomic E-state index is 11.2. The Labute approximate surface area is 118 Å². The highest BCUT2D eigenvalue weighted by Crippen LogP contribution is 2.20. The molecule has 4 heteroatoms. The minimum atomic E-state index is -0.453. The van der Waals surface area contributed by atoms with Crippen LogP contribution in [0.25, 0.3) is 0 Å². The van der Waals surface area contributed by atoms with E-state index < -0.39 is 6.03 Å². The van der Waals surface area contributed by atoms with E-state index in [0.717, 1.165) is 17.0 Å². The third-order valence-corrected chi connectivity index (χ3v) is 2.98. The first kappa shape index (κ1) is 13.9. The van der Waals surface area contributed by atoms with Crippen molar-refractivity contribution in [3.05, 3.63) is 60.2 Å². The molecule has 0 aliphatic rings. The van der Waals surface area contributed by atoms with Crippen molar-refractivity contribution in [1.29, 1.82) is 0 Å². The molecular weight excluding hydrogens is 252 g/mol. The van der Waals surface area contributed by atoms with Crippen molar-refractivity contribution in [1.82, 2.24) is 0 Å². The van der Waals surface area contributed by atoms with Gasteiger partial charge in [0.1, 0.15) is 12.4 Å². The number of nitrogens with zero attached hydrogens (tertiary/aromatic N) is 1. The number of anilines is 1. The summed E-state index contributed by atoms with van der Waals surface area (Å²) < 4.78 is 5.69. The van der Waals surface area contributed by atoms with Crippen LogP contribution in [0, 0.1) is 0 Å². The number of carbonyl (C=O) groups excluding carboxylic acids is 1. The van der Waals surface area contributed by atoms with Gasteiger partial charge < -0.3 is 10.5 Å². The molecule has 0 fully saturated rings. The summed E-state index contributed by atoms with van der Waals surface area (Å²) in [7, 11) is 0. The van der Waals surface area contributed by atoms with Gasteiger partial charge in [0.25, 0.3) is 0 Å². The number of hydrogen-bond donors (Lipinski definition) is 1. The lowest BCUT2D eigenvalue weighted by molar-refractivity contribution is 0.254. The molecular formula is C16H18N2O2. The standard InChI is InChI=1S/C16H18N2O2/c1-2-18(16(17)19)14-8-10-15(11-9-14)20-12-13-6-4-3-5-7-13/h3-11H,2,12H2,1H3,(H2,17,19). The van der Waals surface area contributed by atoms with Gasteiger partial charge in [0.05, 0.1) is 0 Å². The number of rotatable bonds is 5. The van der Waals surface area contributed by atoms with E-state index in [2.05, 4.69) is 0 Å². The number of amides is 2. The predicted molar refractivity (Wildman–Crippen MR) is 79.8 cm³/mol. The molecule has 0 aromatic heterocycles. The molecule has 2 N–H and O–H groups in total. The number of hydrogen-bond acceptors (Lipinski definition) is 2. The Kier molecular flexibility index (Phi) is 4.60. The van der Waals surface area contributed by atoms with Gasteiger partial charge in [0.15, 0.2) is 0 Å². The van der Waals surface area contributed by atoms with Crippen LogP contribution in [-0.4, -0.2) is 12.6 Å². The SMILES string of the molecule is CCN(C(N)=O)c1ccc(OCc2ccccc2)cc1. The van der Waals surface area contributed by atoms with Gasteiger partial charge in [-0.25, -0.2) is 4.79 Å². The van der Waals surface area contributed by atoms with Crippen molar-refractivity contribution in [2.45, 2.75) is 13.5 Å². The maximum atomic E-state index is 11.2. The summed E-state index contributed by atoms with van der Waals surface area (Å²) in [4.78, 5) is 12.7. The molecule has 0 aliphatic heterocycles. The molecule has 104 valence electrons. The van der Waals surface area contributed by atoms with Crippen molar-refractivity contribution in [3.63, 3.8) is 0 Å². The molecule has 2 aromatic carbocycles. The van der Waals surface area contributed by atoms with E-state index in [9.17, 15) is 4.79 Å². The molecule has 0 spiro atoms. The Hall–Kier alpha value is -2.49. The Bertz CT molecular complexity index is 552. The van der Waals surface area contributed by atoms with E-state index in [0.29, 0.717) is 13.2 Å². The van der Waals surface area contributed by atoms with Crippen LogP contribution in [-0.2, 0) is 6.61 Å². The quantitative estimate of drug-likeness (QED) is 0.907. The van der Waals surface area contributed by atoms with E-state index in [-0.39, 0.29) is 0 Å². The Morgan fingerprint density at radius 1 is 1.10 bits per heavy atom. The van der Waals surface area contributed by atoms with Gasteiger partial charge in [-0.15, -0.1) is 0 Å². The molecule has 0 aliphatic carbocycles. The highest BCUT2D eigenvalue weighted by molar-refractivity contribution is 5.90. The molecule has 20 heavy (non-hydrogen) atoms. The zero-order valence-electron chi connectivity index (χ0n) is 11.5. The third-order valence-electron chi connectivity index (χ3n) is 2.98. The molecule has 2 amide bonds. The fraction of sp³-hybridized carbons (Fsp3) is 0.188. The average molecular weight is 270 g/mol. The molecule has 4 nitrogen and oxygen atoms in total. The van der Waals surface area contributed by atoms with Crippen LogP contribution < -0.4 is 15.4 Å². The smallest absolute Gasteiger partial charge is 0.319 e. The molecule has 0 heterocycles. The predicted octanol–water partition coefficient (Wildman–Crippen LogP) is 3.17. The summed E-state index contributed by atoms with van der Waals surface area (Å²) >= 11 is 0. The summed E-state index contributed by atoms with van der Waals surface area (Å²) in [5.41, 5.74) is 7.19. The van der Waals surface area contributed by atoms with E-state index in [1.807, 2.05) is 61.5 Å². The second-order valence-electron chi connectivity index (χ2n) is 4.35. The fourth-order valence-electron chi connectivity index (χ4n) is 1.93. The topological polar surface area (TPSA) is 55.6 Å². The highest BCUT2D eigenvalue weighted by atomic mass is 16.5. The van der Waals surface area contributed by atoms with Crippen molar-refractivity contribution in [2.75, 3.05) is 11.4 Å². The monoisotopic (exact) mass is 270 g/mol. The molecule has 0 saturated carbocycles. The summed E-state index contributed by atoms with van der Waals surface area (Å²) in [6.07, 6.45) is 0. The van der Waals surface area contributed by atoms with Gasteiger partial charge in [0, 0.05) is 12.2 Å². The van der Waals surface area contributed by atoms with E-state index in [1.54, 1.807) is 0 Å². The first-order valence-electron chi connectivity index (χ1n) is 6.54. The largest absolute Gasteiger partial charge is 0.489 e. The summed E-state index contributed by atoms with van der Waals surface area (Å²) in [5, 5.41) is 0. The van der Waals surface area contributed by atoms with Crippen molar-refractivity contribution >= 4 is 11.7 Å². The van der Waals surface area contributed by atoms with E-state index >= 15 is 0 Å². The van der Waals surface area contributed by atoms with Crippen molar-refractivity contribution in [3.8, 4) is 5.75 Å². The van der Waals surface area contributed by atoms with Crippen molar-refractivity contribution < 1.29 is 9.53 Å². The van der Waals surface area contributed by atoms with E-state index in [4.69, 9.17) is 10.5 Å². The maximum Gasteiger partial charge on any atom is 0.319 e. The van der Waals surface area contributed by atoms with Gasteiger partial charge in [0.2, 0.25) is 0 Å². The highest BCUT2D eigenvalue weighted by Gasteiger charge is 2.09. The molecule has 0 bridgehead atoms. The molecule has 2 aromatic rings. The number of ether oxygens (including phenoxy) is 1. The van der Waals surface area contributed by atoms with Gasteiger partial charge >= 0.3 is 6.03 Å². The number of benzene rings is 2. The van der Waals surface area contributed by atoms with Gasteiger partial charge in [-0.2, -0.15) is 0 Å². The normalized spacial score (nSPS) is 10.1. The number of carbonyl (C=O) groups is 1. The summed E-state index contributed by atoms with van der Waals surface area (Å²) in [6.45, 7) is 2.94. The van der Waals surface area contributed by atoms with Gasteiger partial charge in [-0.05, 0) is 36.8 Å². The van der Waals surface area contributed by atoms with Crippen LogP contribution in [0.3, 0.4) is 0 Å². The van der Waals surface area contributed by atoms with Gasteiger partial charge in [-0.1, -0.05) is 30.3 Å². The summed E-state index contributed by atoms with van der Waals surface area (Å²) in [6, 6.07) is 16.8. The second-order valence-corrected chi connectivity index (χ2v) is 4.35. The zero-order chi connectivity index (χ0) is 14.4. The lowest BCUT2D eigenvalue weighted by Gasteiger charge is -2.18. The minimum Gasteiger partial charge on any atom is -0.489 e. The van der Waals surface area contributed by atoms with Crippen LogP contribution in [0.1, 0.15) is 12.5 Å². The van der Waals surface area contributed by atoms with Gasteiger partial charge in [-0.3, -0.25) is 4.90 Å². The first-order valence-corrected chi connectivity index (χ1v) is 6.54. The van der Waals surface area contributed by atoms with Crippen LogP contribution in [0.15, 0.2) is 54.6 Å². The zero-order valence-corrected chi connectivity index (χ0v) is 11.5. The second kappa shape index (κ2) is 6.61. The number of urea groups is 1. The van der Waals surface area contributed by atoms with Crippen LogP contribution in [0.2, 0.25) is 0 Å². The Morgan fingerprint density at radius 2 is 1.75 bits per heavy atom. The molecule has 0 atom stereocenters. The van der Waals surface area contributed by atoms with Crippen LogP contribution >= 0.6 is 0 Å². The van der Waals surface area contributed by atoms with Crippen molar-refractivity contribution in [2.24, 2.45) is 5.73 Å². The fourth-order valence-corrected chi connectivity index (χ4v) is 1.93. The lowest BCUT2D eigenvalue weighted by Crippen LogP contribution is -2.35. The molecule has 2 rings (SSSR count). The molecule has 0 saturated heterocycles. The third kappa shape index (κ3) is 3.51. The Balaban J connectivity index is 2.00. The summed E-state index contributed by atoms with van der Waals surface area (Å²) in [5.74, 6) is 0.762. The Morgan fingerprint density at radius 3 is 2.30 bits per heavy atom. The number of primary amides is 1. The molecule has 0 radical (unpaired) electrons. The molecule has 0 unspecified atom stereocenters. The van der Waals surface area contributed by atoms with E-state index in [1.165, 1.54) is 4.90 Å². The minimum absolute atomic E-state index is 0.453. The first-order chi connectivity index (χ1) is 9.70. The van der Waals surface area contributed by atoms with Crippen LogP contribution in [0.4, 0.5) is 10.5 Å². The number of nitrogens with two attached hydrogens (primary N) is 1. The lowest BCUT2D eigenvalue weighted by atomic mass is 10.2. The average Bonchev–Trinajstić information content (AvgIpc) is 2.48.